The molecule has 0 saturated carbocycles. The first kappa shape index (κ1) is 28.2. The van der Waals surface area contributed by atoms with Gasteiger partial charge in [0, 0.05) is 18.7 Å². The van der Waals surface area contributed by atoms with Crippen molar-refractivity contribution in [2.24, 2.45) is 0 Å². The number of carbonyl (C=O) groups excluding carboxylic acids is 1. The van der Waals surface area contributed by atoms with E-state index in [2.05, 4.69) is 0 Å². The average Bonchev–Trinajstić information content (AvgIpc) is 2.98. The minimum atomic E-state index is -1.40. The highest BCUT2D eigenvalue weighted by atomic mass is 16.5. The lowest BCUT2D eigenvalue weighted by Crippen LogP contribution is -2.46. The standard InChI is InChI=1S/C33H33NO6/c1-3-33(32(36)37,40-30-13-9-6-10-14-30)23-25-15-19-27(20-16-25)38-24-31(35)34(4-2)26-17-21-29(22-18-26)39-28-11-7-5-8-12-28/h5-22H,3-4,23-24H2,1-2H3,(H,36,37). The van der Waals surface area contributed by atoms with E-state index in [0.29, 0.717) is 23.8 Å². The zero-order valence-electron chi connectivity index (χ0n) is 22.7. The molecule has 7 heteroatoms. The van der Waals surface area contributed by atoms with E-state index >= 15 is 0 Å². The smallest absolute Gasteiger partial charge is 0.348 e. The molecule has 0 aliphatic rings. The number of carboxylic acid groups (broad SMARTS) is 1. The molecule has 4 aromatic rings. The Hall–Kier alpha value is -4.78. The highest BCUT2D eigenvalue weighted by Crippen LogP contribution is 2.28. The predicted molar refractivity (Wildman–Crippen MR) is 154 cm³/mol. The number of anilines is 1. The highest BCUT2D eigenvalue weighted by molar-refractivity contribution is 5.94. The van der Waals surface area contributed by atoms with Crippen LogP contribution in [0.2, 0.25) is 0 Å². The summed E-state index contributed by atoms with van der Waals surface area (Å²) >= 11 is 0. The summed E-state index contributed by atoms with van der Waals surface area (Å²) in [4.78, 5) is 26.8. The molecule has 0 bridgehead atoms. The Labute approximate surface area is 234 Å². The van der Waals surface area contributed by atoms with E-state index in [0.717, 1.165) is 17.0 Å². The number of ether oxygens (including phenoxy) is 3. The lowest BCUT2D eigenvalue weighted by Gasteiger charge is -2.29. The third kappa shape index (κ3) is 7.20. The summed E-state index contributed by atoms with van der Waals surface area (Å²) in [5, 5.41) is 10.00. The second kappa shape index (κ2) is 13.3. The van der Waals surface area contributed by atoms with E-state index < -0.39 is 11.6 Å². The first-order valence-electron chi connectivity index (χ1n) is 13.2. The number of amides is 1. The van der Waals surface area contributed by atoms with Crippen molar-refractivity contribution in [2.75, 3.05) is 18.1 Å². The van der Waals surface area contributed by atoms with Crippen LogP contribution in [-0.2, 0) is 16.0 Å². The maximum absolute atomic E-state index is 13.0. The van der Waals surface area contributed by atoms with Crippen LogP contribution in [0, 0.1) is 0 Å². The molecule has 206 valence electrons. The van der Waals surface area contributed by atoms with Crippen LogP contribution in [0.3, 0.4) is 0 Å². The second-order valence-electron chi connectivity index (χ2n) is 9.22. The van der Waals surface area contributed by atoms with Gasteiger partial charge in [-0.2, -0.15) is 0 Å². The fourth-order valence-electron chi connectivity index (χ4n) is 4.30. The van der Waals surface area contributed by atoms with Crippen LogP contribution in [0.1, 0.15) is 25.8 Å². The average molecular weight is 540 g/mol. The topological polar surface area (TPSA) is 85.3 Å². The predicted octanol–water partition coefficient (Wildman–Crippen LogP) is 6.77. The van der Waals surface area contributed by atoms with Gasteiger partial charge in [-0.05, 0) is 79.6 Å². The number of aliphatic carboxylic acids is 1. The molecule has 0 spiro atoms. The number of para-hydroxylation sites is 2. The molecular weight excluding hydrogens is 506 g/mol. The monoisotopic (exact) mass is 539 g/mol. The zero-order chi connectivity index (χ0) is 28.4. The number of hydrogen-bond acceptors (Lipinski definition) is 5. The van der Waals surface area contributed by atoms with Crippen molar-refractivity contribution < 1.29 is 28.9 Å². The van der Waals surface area contributed by atoms with Gasteiger partial charge in [-0.3, -0.25) is 4.79 Å². The number of nitrogens with zero attached hydrogens (tertiary/aromatic N) is 1. The molecule has 0 heterocycles. The minimum absolute atomic E-state index is 0.138. The summed E-state index contributed by atoms with van der Waals surface area (Å²) in [5.74, 6) is 1.23. The van der Waals surface area contributed by atoms with Gasteiger partial charge in [-0.1, -0.05) is 55.5 Å². The number of likely N-dealkylation sites (N-methyl/N-ethyl adjacent to an activating group) is 1. The maximum Gasteiger partial charge on any atom is 0.348 e. The first-order chi connectivity index (χ1) is 19.4. The molecule has 4 rings (SSSR count). The summed E-state index contributed by atoms with van der Waals surface area (Å²) in [7, 11) is 0. The van der Waals surface area contributed by atoms with Gasteiger partial charge in [0.15, 0.2) is 6.61 Å². The Kier molecular flexibility index (Phi) is 9.41. The SMILES string of the molecule is CCN(C(=O)COc1ccc(CC(CC)(Oc2ccccc2)C(=O)O)cc1)c1ccc(Oc2ccccc2)cc1. The third-order valence-corrected chi connectivity index (χ3v) is 6.54. The van der Waals surface area contributed by atoms with Gasteiger partial charge in [0.05, 0.1) is 0 Å². The molecule has 1 unspecified atom stereocenters. The normalized spacial score (nSPS) is 12.2. The molecule has 1 N–H and O–H groups in total. The van der Waals surface area contributed by atoms with Crippen LogP contribution >= 0.6 is 0 Å². The van der Waals surface area contributed by atoms with E-state index in [4.69, 9.17) is 14.2 Å². The largest absolute Gasteiger partial charge is 0.484 e. The Balaban J connectivity index is 1.35. The summed E-state index contributed by atoms with van der Waals surface area (Å²) in [5.41, 5.74) is 0.130. The second-order valence-corrected chi connectivity index (χ2v) is 9.22. The quantitative estimate of drug-likeness (QED) is 0.202. The van der Waals surface area contributed by atoms with Gasteiger partial charge in [0.25, 0.3) is 5.91 Å². The minimum Gasteiger partial charge on any atom is -0.484 e. The Morgan fingerprint density at radius 2 is 1.27 bits per heavy atom. The molecule has 0 aliphatic heterocycles. The van der Waals surface area contributed by atoms with Crippen LogP contribution in [-0.4, -0.2) is 35.7 Å². The van der Waals surface area contributed by atoms with Crippen molar-refractivity contribution in [1.82, 2.24) is 0 Å². The van der Waals surface area contributed by atoms with Crippen LogP contribution in [0.15, 0.2) is 109 Å². The van der Waals surface area contributed by atoms with Crippen LogP contribution in [0.25, 0.3) is 0 Å². The molecule has 0 radical (unpaired) electrons. The van der Waals surface area contributed by atoms with E-state index in [9.17, 15) is 14.7 Å². The zero-order valence-corrected chi connectivity index (χ0v) is 22.7. The van der Waals surface area contributed by atoms with E-state index in [1.807, 2.05) is 67.6 Å². The fraction of sp³-hybridized carbons (Fsp3) is 0.212. The molecule has 40 heavy (non-hydrogen) atoms. The number of carboxylic acids is 1. The molecule has 7 nitrogen and oxygen atoms in total. The molecule has 0 fully saturated rings. The Morgan fingerprint density at radius 3 is 1.82 bits per heavy atom. The van der Waals surface area contributed by atoms with E-state index in [-0.39, 0.29) is 25.4 Å². The molecule has 0 aromatic heterocycles. The van der Waals surface area contributed by atoms with Crippen molar-refractivity contribution >= 4 is 17.6 Å². The van der Waals surface area contributed by atoms with Gasteiger partial charge in [-0.15, -0.1) is 0 Å². The summed E-state index contributed by atoms with van der Waals surface area (Å²) in [6.07, 6.45) is 0.469. The van der Waals surface area contributed by atoms with Gasteiger partial charge in [0.2, 0.25) is 5.60 Å². The van der Waals surface area contributed by atoms with Crippen molar-refractivity contribution in [3.8, 4) is 23.0 Å². The van der Waals surface area contributed by atoms with Crippen LogP contribution in [0.4, 0.5) is 5.69 Å². The van der Waals surface area contributed by atoms with Crippen molar-refractivity contribution in [3.63, 3.8) is 0 Å². The highest BCUT2D eigenvalue weighted by Gasteiger charge is 2.39. The molecule has 0 saturated heterocycles. The lowest BCUT2D eigenvalue weighted by atomic mass is 9.91. The van der Waals surface area contributed by atoms with Crippen LogP contribution in [0.5, 0.6) is 23.0 Å². The van der Waals surface area contributed by atoms with Gasteiger partial charge < -0.3 is 24.2 Å². The molecule has 1 atom stereocenters. The van der Waals surface area contributed by atoms with Gasteiger partial charge in [-0.25, -0.2) is 4.79 Å². The van der Waals surface area contributed by atoms with Gasteiger partial charge >= 0.3 is 5.97 Å². The Bertz CT molecular complexity index is 1370. The maximum atomic E-state index is 13.0. The molecule has 1 amide bonds. The molecule has 4 aromatic carbocycles. The van der Waals surface area contributed by atoms with Crippen LogP contribution < -0.4 is 19.1 Å². The summed E-state index contributed by atoms with van der Waals surface area (Å²) < 4.78 is 17.6. The summed E-state index contributed by atoms with van der Waals surface area (Å²) in [6, 6.07) is 32.8. The molecule has 0 aliphatic carbocycles. The lowest BCUT2D eigenvalue weighted by molar-refractivity contribution is -0.155. The Morgan fingerprint density at radius 1 is 0.725 bits per heavy atom. The third-order valence-electron chi connectivity index (χ3n) is 6.54. The number of carbonyl (C=O) groups is 2. The van der Waals surface area contributed by atoms with Crippen molar-refractivity contribution in [3.05, 3.63) is 115 Å². The number of benzene rings is 4. The number of rotatable bonds is 13. The van der Waals surface area contributed by atoms with E-state index in [1.54, 1.807) is 60.4 Å². The molecular formula is C33H33NO6. The van der Waals surface area contributed by atoms with Gasteiger partial charge in [0.1, 0.15) is 23.0 Å². The number of hydrogen-bond donors (Lipinski definition) is 1. The summed E-state index contributed by atoms with van der Waals surface area (Å²) in [6.45, 7) is 4.04. The van der Waals surface area contributed by atoms with Crippen molar-refractivity contribution in [2.45, 2.75) is 32.3 Å². The van der Waals surface area contributed by atoms with E-state index in [1.165, 1.54) is 0 Å². The van der Waals surface area contributed by atoms with Crippen molar-refractivity contribution in [1.29, 1.82) is 0 Å². The fourth-order valence-corrected chi connectivity index (χ4v) is 4.30. The first-order valence-corrected chi connectivity index (χ1v) is 13.2.